The number of hydrogen-bond donors (Lipinski definition) is 0. The number of nitrogens with zero attached hydrogens (tertiary/aromatic N) is 1. The summed E-state index contributed by atoms with van der Waals surface area (Å²) in [6, 6.07) is 7.38. The normalized spacial score (nSPS) is 10.4. The smallest absolute Gasteiger partial charge is 0.257 e. The minimum atomic E-state index is -0.587. The van der Waals surface area contributed by atoms with Crippen LogP contribution >= 0.6 is 11.6 Å². The van der Waals surface area contributed by atoms with Gasteiger partial charge in [-0.15, -0.1) is 0 Å². The largest absolute Gasteiger partial charge is 0.467 e. The van der Waals surface area contributed by atoms with Crippen LogP contribution in [0.2, 0.25) is 5.02 Å². The molecular weight excluding hydrogens is 257 g/mol. The van der Waals surface area contributed by atoms with Gasteiger partial charge >= 0.3 is 0 Å². The van der Waals surface area contributed by atoms with Crippen LogP contribution < -0.4 is 0 Å². The summed E-state index contributed by atoms with van der Waals surface area (Å²) < 4.78 is 18.7. The first-order valence-corrected chi connectivity index (χ1v) is 5.68. The van der Waals surface area contributed by atoms with Crippen molar-refractivity contribution in [3.63, 3.8) is 0 Å². The first kappa shape index (κ1) is 12.6. The van der Waals surface area contributed by atoms with Gasteiger partial charge in [-0.05, 0) is 30.3 Å². The van der Waals surface area contributed by atoms with Gasteiger partial charge in [-0.2, -0.15) is 0 Å². The van der Waals surface area contributed by atoms with Gasteiger partial charge in [-0.25, -0.2) is 4.39 Å². The van der Waals surface area contributed by atoms with E-state index in [9.17, 15) is 9.18 Å². The molecule has 5 heteroatoms. The van der Waals surface area contributed by atoms with Crippen molar-refractivity contribution in [2.75, 3.05) is 7.05 Å². The number of hydrogen-bond acceptors (Lipinski definition) is 2. The van der Waals surface area contributed by atoms with Crippen molar-refractivity contribution in [1.29, 1.82) is 0 Å². The number of halogens is 2. The van der Waals surface area contributed by atoms with E-state index in [-0.39, 0.29) is 12.1 Å². The number of rotatable bonds is 3. The average molecular weight is 268 g/mol. The van der Waals surface area contributed by atoms with Crippen LogP contribution in [0.4, 0.5) is 4.39 Å². The van der Waals surface area contributed by atoms with Crippen molar-refractivity contribution >= 4 is 17.5 Å². The van der Waals surface area contributed by atoms with Gasteiger partial charge in [0, 0.05) is 12.1 Å². The molecule has 0 atom stereocenters. The summed E-state index contributed by atoms with van der Waals surface area (Å²) in [5.41, 5.74) is -0.0449. The first-order chi connectivity index (χ1) is 8.58. The lowest BCUT2D eigenvalue weighted by atomic mass is 10.2. The predicted octanol–water partition coefficient (Wildman–Crippen LogP) is 3.34. The Hall–Kier alpha value is -1.81. The van der Waals surface area contributed by atoms with Crippen molar-refractivity contribution < 1.29 is 13.6 Å². The van der Waals surface area contributed by atoms with E-state index in [1.54, 1.807) is 19.2 Å². The molecule has 2 rings (SSSR count). The van der Waals surface area contributed by atoms with Crippen LogP contribution in [0.25, 0.3) is 0 Å². The molecule has 2 aromatic rings. The van der Waals surface area contributed by atoms with Gasteiger partial charge in [0.1, 0.15) is 11.6 Å². The molecule has 0 spiro atoms. The minimum absolute atomic E-state index is 0.0449. The lowest BCUT2D eigenvalue weighted by molar-refractivity contribution is 0.0771. The standard InChI is InChI=1S/C13H11ClFNO2/c1-16(8-10-3-2-6-18-10)13(17)11-7-9(14)4-5-12(11)15/h2-7H,8H2,1H3. The summed E-state index contributed by atoms with van der Waals surface area (Å²) in [5.74, 6) is -0.393. The third-order valence-electron chi connectivity index (χ3n) is 2.48. The molecule has 3 nitrogen and oxygen atoms in total. The Labute approximate surface area is 109 Å². The van der Waals surface area contributed by atoms with E-state index in [0.717, 1.165) is 0 Å². The Bertz CT molecular complexity index is 554. The third kappa shape index (κ3) is 2.71. The molecule has 0 bridgehead atoms. The maximum atomic E-state index is 13.5. The van der Waals surface area contributed by atoms with Crippen molar-refractivity contribution in [3.8, 4) is 0 Å². The Balaban J connectivity index is 2.17. The number of furan rings is 1. The van der Waals surface area contributed by atoms with Gasteiger partial charge < -0.3 is 9.32 Å². The Morgan fingerprint density at radius 2 is 2.22 bits per heavy atom. The van der Waals surface area contributed by atoms with E-state index >= 15 is 0 Å². The SMILES string of the molecule is CN(Cc1ccco1)C(=O)c1cc(Cl)ccc1F. The van der Waals surface area contributed by atoms with Crippen LogP contribution in [-0.2, 0) is 6.54 Å². The zero-order chi connectivity index (χ0) is 13.1. The Morgan fingerprint density at radius 1 is 1.44 bits per heavy atom. The van der Waals surface area contributed by atoms with Crippen molar-refractivity contribution in [2.45, 2.75) is 6.54 Å². The molecule has 0 aliphatic heterocycles. The second-order valence-electron chi connectivity index (χ2n) is 3.86. The highest BCUT2D eigenvalue weighted by Crippen LogP contribution is 2.17. The molecule has 0 saturated carbocycles. The van der Waals surface area contributed by atoms with Crippen LogP contribution in [-0.4, -0.2) is 17.9 Å². The quantitative estimate of drug-likeness (QED) is 0.854. The molecule has 0 fully saturated rings. The Morgan fingerprint density at radius 3 is 2.89 bits per heavy atom. The number of carbonyl (C=O) groups excluding carboxylic acids is 1. The monoisotopic (exact) mass is 267 g/mol. The maximum Gasteiger partial charge on any atom is 0.257 e. The zero-order valence-corrected chi connectivity index (χ0v) is 10.4. The van der Waals surface area contributed by atoms with Crippen LogP contribution in [0.1, 0.15) is 16.1 Å². The fourth-order valence-corrected chi connectivity index (χ4v) is 1.75. The predicted molar refractivity (Wildman–Crippen MR) is 65.9 cm³/mol. The molecule has 0 radical (unpaired) electrons. The van der Waals surface area contributed by atoms with Crippen molar-refractivity contribution in [1.82, 2.24) is 4.90 Å². The second-order valence-corrected chi connectivity index (χ2v) is 4.30. The molecule has 1 heterocycles. The molecule has 94 valence electrons. The maximum absolute atomic E-state index is 13.5. The van der Waals surface area contributed by atoms with E-state index in [0.29, 0.717) is 10.8 Å². The van der Waals surface area contributed by atoms with E-state index < -0.39 is 11.7 Å². The minimum Gasteiger partial charge on any atom is -0.467 e. The summed E-state index contributed by atoms with van der Waals surface area (Å²) in [6.45, 7) is 0.276. The fourth-order valence-electron chi connectivity index (χ4n) is 1.58. The molecule has 1 aromatic heterocycles. The van der Waals surface area contributed by atoms with Crippen LogP contribution in [0.5, 0.6) is 0 Å². The summed E-state index contributed by atoms with van der Waals surface area (Å²) in [4.78, 5) is 13.4. The van der Waals surface area contributed by atoms with Gasteiger partial charge in [0.25, 0.3) is 5.91 Å². The van der Waals surface area contributed by atoms with E-state index in [4.69, 9.17) is 16.0 Å². The lowest BCUT2D eigenvalue weighted by Crippen LogP contribution is -2.26. The summed E-state index contributed by atoms with van der Waals surface area (Å²) in [6.07, 6.45) is 1.52. The average Bonchev–Trinajstić information content (AvgIpc) is 2.84. The topological polar surface area (TPSA) is 33.5 Å². The molecule has 18 heavy (non-hydrogen) atoms. The van der Waals surface area contributed by atoms with Crippen molar-refractivity contribution in [2.24, 2.45) is 0 Å². The van der Waals surface area contributed by atoms with Gasteiger partial charge in [0.2, 0.25) is 0 Å². The van der Waals surface area contributed by atoms with Crippen molar-refractivity contribution in [3.05, 3.63) is 58.8 Å². The molecule has 0 aliphatic carbocycles. The summed E-state index contributed by atoms with van der Waals surface area (Å²) in [7, 11) is 1.57. The van der Waals surface area contributed by atoms with Crippen LogP contribution in [0.15, 0.2) is 41.0 Å². The highest BCUT2D eigenvalue weighted by atomic mass is 35.5. The molecular formula is C13H11ClFNO2. The Kier molecular flexibility index (Phi) is 3.67. The van der Waals surface area contributed by atoms with Crippen LogP contribution in [0, 0.1) is 5.82 Å². The van der Waals surface area contributed by atoms with Gasteiger partial charge in [0.15, 0.2) is 0 Å². The lowest BCUT2D eigenvalue weighted by Gasteiger charge is -2.16. The first-order valence-electron chi connectivity index (χ1n) is 5.31. The van der Waals surface area contributed by atoms with Crippen LogP contribution in [0.3, 0.4) is 0 Å². The zero-order valence-electron chi connectivity index (χ0n) is 9.69. The van der Waals surface area contributed by atoms with Gasteiger partial charge in [0.05, 0.1) is 18.4 Å². The van der Waals surface area contributed by atoms with Gasteiger partial charge in [-0.1, -0.05) is 11.6 Å². The summed E-state index contributed by atoms with van der Waals surface area (Å²) >= 11 is 5.75. The molecule has 1 amide bonds. The van der Waals surface area contributed by atoms with E-state index in [1.165, 1.54) is 29.4 Å². The molecule has 0 N–H and O–H groups in total. The fraction of sp³-hybridized carbons (Fsp3) is 0.154. The number of benzene rings is 1. The molecule has 1 aromatic carbocycles. The highest BCUT2D eigenvalue weighted by molar-refractivity contribution is 6.30. The van der Waals surface area contributed by atoms with E-state index in [1.807, 2.05) is 0 Å². The molecule has 0 saturated heterocycles. The highest BCUT2D eigenvalue weighted by Gasteiger charge is 2.17. The van der Waals surface area contributed by atoms with Gasteiger partial charge in [-0.3, -0.25) is 4.79 Å². The van der Waals surface area contributed by atoms with E-state index in [2.05, 4.69) is 0 Å². The molecule has 0 aliphatic rings. The number of carbonyl (C=O) groups is 1. The summed E-state index contributed by atoms with van der Waals surface area (Å²) in [5, 5.41) is 0.325. The second kappa shape index (κ2) is 5.23. The third-order valence-corrected chi connectivity index (χ3v) is 2.71. The number of amides is 1. The molecule has 0 unspecified atom stereocenters.